The van der Waals surface area contributed by atoms with Crippen molar-refractivity contribution in [2.45, 2.75) is 50.1 Å². The van der Waals surface area contributed by atoms with E-state index in [1.54, 1.807) is 16.4 Å². The van der Waals surface area contributed by atoms with Crippen molar-refractivity contribution in [3.63, 3.8) is 0 Å². The predicted octanol–water partition coefficient (Wildman–Crippen LogP) is 4.94. The van der Waals surface area contributed by atoms with E-state index in [0.717, 1.165) is 40.0 Å². The maximum atomic E-state index is 13.8. The van der Waals surface area contributed by atoms with Crippen LogP contribution in [0.15, 0.2) is 71.6 Å². The van der Waals surface area contributed by atoms with Gasteiger partial charge in [0.15, 0.2) is 0 Å². The molecule has 0 saturated carbocycles. The third kappa shape index (κ3) is 4.89. The first-order chi connectivity index (χ1) is 17.8. The van der Waals surface area contributed by atoms with E-state index < -0.39 is 10.0 Å². The fourth-order valence-electron chi connectivity index (χ4n) is 5.54. The second-order valence-corrected chi connectivity index (χ2v) is 11.8. The van der Waals surface area contributed by atoms with E-state index in [1.807, 2.05) is 68.4 Å². The number of carbonyl (C=O) groups excluding carboxylic acids is 1. The van der Waals surface area contributed by atoms with Crippen LogP contribution in [0, 0.1) is 12.8 Å². The van der Waals surface area contributed by atoms with Gasteiger partial charge in [-0.1, -0.05) is 42.8 Å². The zero-order valence-electron chi connectivity index (χ0n) is 21.1. The number of nitrogens with zero attached hydrogens (tertiary/aromatic N) is 1. The summed E-state index contributed by atoms with van der Waals surface area (Å²) in [4.78, 5) is 12.4. The molecule has 1 amide bonds. The number of sulfonamides is 1. The lowest BCUT2D eigenvalue weighted by Gasteiger charge is -2.39. The monoisotopic (exact) mass is 519 g/mol. The summed E-state index contributed by atoms with van der Waals surface area (Å²) in [5.41, 5.74) is 5.35. The van der Waals surface area contributed by atoms with Gasteiger partial charge in [-0.05, 0) is 72.9 Å². The summed E-state index contributed by atoms with van der Waals surface area (Å²) in [6.45, 7) is 4.23. The van der Waals surface area contributed by atoms with Gasteiger partial charge < -0.3 is 15.7 Å². The lowest BCUT2D eigenvalue weighted by atomic mass is 9.82. The zero-order chi connectivity index (χ0) is 26.2. The summed E-state index contributed by atoms with van der Waals surface area (Å²) >= 11 is 0. The van der Waals surface area contributed by atoms with Crippen LogP contribution in [0.25, 0.3) is 11.1 Å². The predicted molar refractivity (Wildman–Crippen MR) is 146 cm³/mol. The molecule has 0 aromatic heterocycles. The third-order valence-corrected chi connectivity index (χ3v) is 9.30. The Morgan fingerprint density at radius 3 is 2.57 bits per heavy atom. The third-order valence-electron chi connectivity index (χ3n) is 7.41. The molecule has 2 aliphatic heterocycles. The molecule has 8 heteroatoms. The number of carbonyl (C=O) groups is 1. The van der Waals surface area contributed by atoms with Gasteiger partial charge in [-0.25, -0.2) is 8.42 Å². The summed E-state index contributed by atoms with van der Waals surface area (Å²) in [5.74, 6) is -0.0669. The number of benzene rings is 3. The Kier molecular flexibility index (Phi) is 7.07. The van der Waals surface area contributed by atoms with Gasteiger partial charge in [0.1, 0.15) is 0 Å². The Bertz CT molecular complexity index is 1400. The molecule has 1 fully saturated rings. The Hall–Kier alpha value is -3.20. The van der Waals surface area contributed by atoms with E-state index in [0.29, 0.717) is 19.4 Å². The molecule has 194 valence electrons. The largest absolute Gasteiger partial charge is 0.394 e. The standard InChI is InChI=1S/C29H33N3O4S/c1-3-5-28(34)30-22-7-4-6-20(16-22)21-10-13-26-25(17-21)29-24(27(18-33)31-26)14-15-32(29)37(35,36)23-11-8-19(2)9-12-23/h4,6-13,16-17,24,27,29,31,33H,3,5,14-15,18H2,1-2H3,(H,30,34)/t24-,27+,29-/m1/s1. The fourth-order valence-corrected chi connectivity index (χ4v) is 7.21. The number of nitrogens with one attached hydrogen (secondary N) is 2. The highest BCUT2D eigenvalue weighted by Crippen LogP contribution is 2.49. The van der Waals surface area contributed by atoms with Crippen molar-refractivity contribution in [2.24, 2.45) is 5.92 Å². The first-order valence-corrected chi connectivity index (χ1v) is 14.3. The lowest BCUT2D eigenvalue weighted by Crippen LogP contribution is -2.42. The van der Waals surface area contributed by atoms with Crippen LogP contribution < -0.4 is 10.6 Å². The molecule has 3 atom stereocenters. The number of hydrogen-bond donors (Lipinski definition) is 3. The second-order valence-electron chi connectivity index (χ2n) is 9.94. The normalized spacial score (nSPS) is 21.1. The summed E-state index contributed by atoms with van der Waals surface area (Å²) in [7, 11) is -3.73. The average molecular weight is 520 g/mol. The summed E-state index contributed by atoms with van der Waals surface area (Å²) in [6.07, 6.45) is 1.91. The van der Waals surface area contributed by atoms with Gasteiger partial charge in [-0.3, -0.25) is 4.79 Å². The molecule has 5 rings (SSSR count). The van der Waals surface area contributed by atoms with Crippen LogP contribution in [-0.2, 0) is 14.8 Å². The van der Waals surface area contributed by atoms with Crippen LogP contribution in [0.4, 0.5) is 11.4 Å². The van der Waals surface area contributed by atoms with Crippen LogP contribution in [0.1, 0.15) is 43.4 Å². The van der Waals surface area contributed by atoms with Crippen molar-refractivity contribution < 1.29 is 18.3 Å². The SMILES string of the molecule is CCCC(=O)Nc1cccc(-c2ccc3c(c2)[C@H]2[C@H](CCN2S(=O)(=O)c2ccc(C)cc2)[C@H](CO)N3)c1. The Morgan fingerprint density at radius 2 is 1.84 bits per heavy atom. The number of hydrogen-bond acceptors (Lipinski definition) is 5. The number of rotatable bonds is 7. The molecule has 2 aliphatic rings. The average Bonchev–Trinajstić information content (AvgIpc) is 3.35. The number of anilines is 2. The quantitative estimate of drug-likeness (QED) is 0.411. The van der Waals surface area contributed by atoms with Crippen LogP contribution in [0.3, 0.4) is 0 Å². The van der Waals surface area contributed by atoms with E-state index in [1.165, 1.54) is 0 Å². The van der Waals surface area contributed by atoms with Crippen LogP contribution in [0.5, 0.6) is 0 Å². The highest BCUT2D eigenvalue weighted by molar-refractivity contribution is 7.89. The van der Waals surface area contributed by atoms with Gasteiger partial charge in [-0.2, -0.15) is 4.31 Å². The topological polar surface area (TPSA) is 98.7 Å². The number of aliphatic hydroxyl groups is 1. The number of aryl methyl sites for hydroxylation is 1. The number of amides is 1. The molecule has 7 nitrogen and oxygen atoms in total. The minimum Gasteiger partial charge on any atom is -0.394 e. The summed E-state index contributed by atoms with van der Waals surface area (Å²) < 4.78 is 29.1. The highest BCUT2D eigenvalue weighted by Gasteiger charge is 2.48. The van der Waals surface area contributed by atoms with Gasteiger partial charge in [0.25, 0.3) is 0 Å². The zero-order valence-corrected chi connectivity index (χ0v) is 22.0. The van der Waals surface area contributed by atoms with Crippen LogP contribution in [-0.4, -0.2) is 42.9 Å². The molecule has 0 radical (unpaired) electrons. The first kappa shape index (κ1) is 25.4. The molecular weight excluding hydrogens is 486 g/mol. The first-order valence-electron chi connectivity index (χ1n) is 12.8. The molecule has 3 aromatic carbocycles. The number of aliphatic hydroxyl groups excluding tert-OH is 1. The maximum absolute atomic E-state index is 13.8. The van der Waals surface area contributed by atoms with Crippen molar-refractivity contribution >= 4 is 27.3 Å². The fraction of sp³-hybridized carbons (Fsp3) is 0.345. The minimum absolute atomic E-state index is 0.0184. The van der Waals surface area contributed by atoms with E-state index in [4.69, 9.17) is 0 Å². The van der Waals surface area contributed by atoms with Gasteiger partial charge in [0, 0.05) is 30.3 Å². The molecule has 0 bridgehead atoms. The Labute approximate surface area is 218 Å². The molecule has 3 aromatic rings. The molecular formula is C29H33N3O4S. The van der Waals surface area contributed by atoms with Crippen molar-refractivity contribution in [3.05, 3.63) is 77.9 Å². The van der Waals surface area contributed by atoms with Crippen LogP contribution >= 0.6 is 0 Å². The molecule has 1 saturated heterocycles. The van der Waals surface area contributed by atoms with Gasteiger partial charge >= 0.3 is 0 Å². The van der Waals surface area contributed by atoms with Crippen molar-refractivity contribution in [1.29, 1.82) is 0 Å². The van der Waals surface area contributed by atoms with Crippen molar-refractivity contribution in [1.82, 2.24) is 4.31 Å². The van der Waals surface area contributed by atoms with E-state index in [-0.39, 0.29) is 35.4 Å². The smallest absolute Gasteiger partial charge is 0.243 e. The molecule has 0 aliphatic carbocycles. The highest BCUT2D eigenvalue weighted by atomic mass is 32.2. The molecule has 2 heterocycles. The van der Waals surface area contributed by atoms with Gasteiger partial charge in [0.05, 0.1) is 23.6 Å². The van der Waals surface area contributed by atoms with E-state index in [9.17, 15) is 18.3 Å². The molecule has 37 heavy (non-hydrogen) atoms. The lowest BCUT2D eigenvalue weighted by molar-refractivity contribution is -0.116. The molecule has 0 unspecified atom stereocenters. The van der Waals surface area contributed by atoms with E-state index in [2.05, 4.69) is 10.6 Å². The molecule has 0 spiro atoms. The Balaban J connectivity index is 1.53. The van der Waals surface area contributed by atoms with Crippen molar-refractivity contribution in [2.75, 3.05) is 23.8 Å². The Morgan fingerprint density at radius 1 is 1.08 bits per heavy atom. The summed E-state index contributed by atoms with van der Waals surface area (Å²) in [6, 6.07) is 20.0. The van der Waals surface area contributed by atoms with Crippen molar-refractivity contribution in [3.8, 4) is 11.1 Å². The molecule has 3 N–H and O–H groups in total. The van der Waals surface area contributed by atoms with E-state index >= 15 is 0 Å². The van der Waals surface area contributed by atoms with Gasteiger partial charge in [0.2, 0.25) is 15.9 Å². The minimum atomic E-state index is -3.73. The van der Waals surface area contributed by atoms with Gasteiger partial charge in [-0.15, -0.1) is 0 Å². The number of fused-ring (bicyclic) bond motifs is 3. The summed E-state index contributed by atoms with van der Waals surface area (Å²) in [5, 5.41) is 16.5. The van der Waals surface area contributed by atoms with Crippen LogP contribution in [0.2, 0.25) is 0 Å². The maximum Gasteiger partial charge on any atom is 0.243 e. The second kappa shape index (κ2) is 10.3.